The molecule has 1 aromatic heterocycles. The Balaban J connectivity index is 2.04. The quantitative estimate of drug-likeness (QED) is 0.897. The molecule has 0 unspecified atom stereocenters. The number of hydrogen-bond acceptors (Lipinski definition) is 3. The molecule has 0 bridgehead atoms. The number of halogens is 1. The predicted octanol–water partition coefficient (Wildman–Crippen LogP) is 1.85. The molecule has 0 fully saturated rings. The van der Waals surface area contributed by atoms with Gasteiger partial charge in [-0.2, -0.15) is 0 Å². The number of carbonyl (C=O) groups is 1. The molecule has 1 amide bonds. The Labute approximate surface area is 104 Å². The zero-order valence-electron chi connectivity index (χ0n) is 9.85. The topological polar surface area (TPSA) is 54.9 Å². The van der Waals surface area contributed by atoms with Gasteiger partial charge in [-0.3, -0.25) is 4.79 Å². The highest BCUT2D eigenvalue weighted by molar-refractivity contribution is 5.94. The fraction of sp³-hybridized carbons (Fsp3) is 0.154. The minimum absolute atomic E-state index is 0.0367. The first-order valence-corrected chi connectivity index (χ1v) is 5.46. The number of hydrogen-bond donors (Lipinski definition) is 1. The van der Waals surface area contributed by atoms with Gasteiger partial charge in [0.15, 0.2) is 0 Å². The van der Waals surface area contributed by atoms with Gasteiger partial charge in [0, 0.05) is 6.20 Å². The predicted molar refractivity (Wildman–Crippen MR) is 64.3 cm³/mol. The van der Waals surface area contributed by atoms with E-state index in [9.17, 15) is 9.18 Å². The van der Waals surface area contributed by atoms with E-state index in [2.05, 4.69) is 15.3 Å². The van der Waals surface area contributed by atoms with Crippen molar-refractivity contribution in [2.45, 2.75) is 13.5 Å². The molecule has 0 saturated heterocycles. The van der Waals surface area contributed by atoms with Crippen molar-refractivity contribution in [2.24, 2.45) is 0 Å². The summed E-state index contributed by atoms with van der Waals surface area (Å²) in [7, 11) is 0. The van der Waals surface area contributed by atoms with Crippen LogP contribution in [0.1, 0.15) is 21.6 Å². The lowest BCUT2D eigenvalue weighted by Crippen LogP contribution is -2.24. The number of amides is 1. The lowest BCUT2D eigenvalue weighted by Gasteiger charge is -2.06. The maximum atomic E-state index is 13.5. The summed E-state index contributed by atoms with van der Waals surface area (Å²) < 4.78 is 13.5. The van der Waals surface area contributed by atoms with Gasteiger partial charge in [0.25, 0.3) is 5.91 Å². The van der Waals surface area contributed by atoms with E-state index in [-0.39, 0.29) is 12.1 Å². The fourth-order valence-electron chi connectivity index (χ4n) is 1.49. The largest absolute Gasteiger partial charge is 0.346 e. The van der Waals surface area contributed by atoms with Crippen LogP contribution in [0.25, 0.3) is 0 Å². The second kappa shape index (κ2) is 5.35. The third kappa shape index (κ3) is 2.88. The van der Waals surface area contributed by atoms with Gasteiger partial charge >= 0.3 is 0 Å². The van der Waals surface area contributed by atoms with E-state index in [0.29, 0.717) is 5.69 Å². The Morgan fingerprint density at radius 3 is 2.89 bits per heavy atom. The van der Waals surface area contributed by atoms with E-state index in [4.69, 9.17) is 0 Å². The van der Waals surface area contributed by atoms with E-state index in [0.717, 1.165) is 5.56 Å². The van der Waals surface area contributed by atoms with Gasteiger partial charge in [-0.1, -0.05) is 6.07 Å². The minimum Gasteiger partial charge on any atom is -0.346 e. The molecule has 2 aromatic rings. The van der Waals surface area contributed by atoms with Crippen LogP contribution in [-0.4, -0.2) is 15.9 Å². The Bertz CT molecular complexity index is 557. The first kappa shape index (κ1) is 12.2. The zero-order valence-corrected chi connectivity index (χ0v) is 9.85. The summed E-state index contributed by atoms with van der Waals surface area (Å²) in [4.78, 5) is 19.5. The van der Waals surface area contributed by atoms with Crippen molar-refractivity contribution >= 4 is 5.91 Å². The summed E-state index contributed by atoms with van der Waals surface area (Å²) in [5.41, 5.74) is 1.49. The summed E-state index contributed by atoms with van der Waals surface area (Å²) in [5, 5.41) is 2.61. The van der Waals surface area contributed by atoms with Gasteiger partial charge < -0.3 is 5.32 Å². The molecule has 4 nitrogen and oxygen atoms in total. The van der Waals surface area contributed by atoms with Crippen molar-refractivity contribution in [3.63, 3.8) is 0 Å². The van der Waals surface area contributed by atoms with Crippen LogP contribution in [0.5, 0.6) is 0 Å². The summed E-state index contributed by atoms with van der Waals surface area (Å²) in [6.07, 6.45) is 2.98. The molecular formula is C13H12FN3O. The zero-order chi connectivity index (χ0) is 13.0. The molecule has 1 heterocycles. The lowest BCUT2D eigenvalue weighted by molar-refractivity contribution is 0.0946. The van der Waals surface area contributed by atoms with Crippen molar-refractivity contribution in [2.75, 3.05) is 0 Å². The first-order chi connectivity index (χ1) is 8.66. The number of aromatic nitrogens is 2. The van der Waals surface area contributed by atoms with Crippen molar-refractivity contribution in [1.29, 1.82) is 0 Å². The van der Waals surface area contributed by atoms with Crippen molar-refractivity contribution < 1.29 is 9.18 Å². The van der Waals surface area contributed by atoms with Crippen LogP contribution in [0.2, 0.25) is 0 Å². The molecule has 0 saturated carbocycles. The van der Waals surface area contributed by atoms with Crippen LogP contribution in [0.3, 0.4) is 0 Å². The second-order valence-electron chi connectivity index (χ2n) is 3.87. The van der Waals surface area contributed by atoms with Gasteiger partial charge in [-0.25, -0.2) is 14.4 Å². The molecule has 0 spiro atoms. The van der Waals surface area contributed by atoms with Crippen molar-refractivity contribution in [1.82, 2.24) is 15.3 Å². The third-order valence-corrected chi connectivity index (χ3v) is 2.44. The number of benzene rings is 1. The summed E-state index contributed by atoms with van der Waals surface area (Å²) in [6, 6.07) is 6.19. The van der Waals surface area contributed by atoms with E-state index in [1.807, 2.05) is 0 Å². The van der Waals surface area contributed by atoms with Gasteiger partial charge in [-0.05, 0) is 30.7 Å². The highest BCUT2D eigenvalue weighted by Crippen LogP contribution is 2.09. The molecule has 0 aliphatic carbocycles. The summed E-state index contributed by atoms with van der Waals surface area (Å²) >= 11 is 0. The Morgan fingerprint density at radius 2 is 2.22 bits per heavy atom. The van der Waals surface area contributed by atoms with E-state index in [1.54, 1.807) is 25.3 Å². The van der Waals surface area contributed by atoms with Crippen LogP contribution in [0.15, 0.2) is 36.8 Å². The Morgan fingerprint density at radius 1 is 1.39 bits per heavy atom. The molecule has 92 valence electrons. The monoisotopic (exact) mass is 245 g/mol. The number of nitrogens with zero attached hydrogens (tertiary/aromatic N) is 2. The first-order valence-electron chi connectivity index (χ1n) is 5.46. The second-order valence-corrected chi connectivity index (χ2v) is 3.87. The maximum Gasteiger partial charge on any atom is 0.254 e. The standard InChI is InChI=1S/C13H12FN3O/c1-9-2-3-11(12(14)6-9)13(18)16-7-10-4-5-15-8-17-10/h2-6,8H,7H2,1H3,(H,16,18). The number of carbonyl (C=O) groups excluding carboxylic acids is 1. The molecular weight excluding hydrogens is 233 g/mol. The average molecular weight is 245 g/mol. The molecule has 18 heavy (non-hydrogen) atoms. The molecule has 1 N–H and O–H groups in total. The normalized spacial score (nSPS) is 10.1. The van der Waals surface area contributed by atoms with Crippen molar-refractivity contribution in [3.8, 4) is 0 Å². The molecule has 0 aliphatic heterocycles. The molecule has 1 aromatic carbocycles. The SMILES string of the molecule is Cc1ccc(C(=O)NCc2ccncn2)c(F)c1. The highest BCUT2D eigenvalue weighted by Gasteiger charge is 2.11. The van der Waals surface area contributed by atoms with Crippen LogP contribution in [-0.2, 0) is 6.54 Å². The van der Waals surface area contributed by atoms with E-state index in [1.165, 1.54) is 18.5 Å². The number of nitrogens with one attached hydrogen (secondary N) is 1. The van der Waals surface area contributed by atoms with Gasteiger partial charge in [0.2, 0.25) is 0 Å². The van der Waals surface area contributed by atoms with Crippen LogP contribution < -0.4 is 5.32 Å². The molecule has 2 rings (SSSR count). The van der Waals surface area contributed by atoms with Gasteiger partial charge in [0.1, 0.15) is 12.1 Å². The fourth-order valence-corrected chi connectivity index (χ4v) is 1.49. The number of aryl methyl sites for hydroxylation is 1. The summed E-state index contributed by atoms with van der Waals surface area (Å²) in [6.45, 7) is 2.01. The third-order valence-electron chi connectivity index (χ3n) is 2.44. The van der Waals surface area contributed by atoms with Crippen LogP contribution in [0, 0.1) is 12.7 Å². The smallest absolute Gasteiger partial charge is 0.254 e. The van der Waals surface area contributed by atoms with Gasteiger partial charge in [0.05, 0.1) is 17.8 Å². The van der Waals surface area contributed by atoms with Gasteiger partial charge in [-0.15, -0.1) is 0 Å². The molecule has 5 heteroatoms. The van der Waals surface area contributed by atoms with E-state index < -0.39 is 11.7 Å². The highest BCUT2D eigenvalue weighted by atomic mass is 19.1. The number of rotatable bonds is 3. The Hall–Kier alpha value is -2.30. The maximum absolute atomic E-state index is 13.5. The molecule has 0 aliphatic rings. The lowest BCUT2D eigenvalue weighted by atomic mass is 10.1. The average Bonchev–Trinajstić information content (AvgIpc) is 2.37. The summed E-state index contributed by atoms with van der Waals surface area (Å²) in [5.74, 6) is -0.971. The van der Waals surface area contributed by atoms with Crippen LogP contribution in [0.4, 0.5) is 4.39 Å². The van der Waals surface area contributed by atoms with Crippen LogP contribution >= 0.6 is 0 Å². The Kier molecular flexibility index (Phi) is 3.62. The van der Waals surface area contributed by atoms with E-state index >= 15 is 0 Å². The minimum atomic E-state index is -0.518. The molecule has 0 atom stereocenters. The molecule has 0 radical (unpaired) electrons. The van der Waals surface area contributed by atoms with Crippen molar-refractivity contribution in [3.05, 3.63) is 59.4 Å².